The Balaban J connectivity index is 2.44. The molecule has 2 rings (SSSR count). The van der Waals surface area contributed by atoms with Crippen molar-refractivity contribution in [3.63, 3.8) is 0 Å². The SMILES string of the molecule is COC1(OC)[C@H]2C[C@H](O)[C@@H]1C(Br)=C2Br. The summed E-state index contributed by atoms with van der Waals surface area (Å²) in [4.78, 5) is 0. The summed E-state index contributed by atoms with van der Waals surface area (Å²) in [6.07, 6.45) is 0.290. The standard InChI is InChI=1S/C9H12Br2O3/c1-13-9(14-2)4-3-5(12)6(9)8(11)7(4)10/h4-6,12H,3H2,1-2H3/t4-,5-,6+/m0/s1. The molecule has 2 aliphatic rings. The molecule has 14 heavy (non-hydrogen) atoms. The van der Waals surface area contributed by atoms with Gasteiger partial charge in [-0.2, -0.15) is 0 Å². The maximum atomic E-state index is 9.86. The molecule has 0 radical (unpaired) electrons. The van der Waals surface area contributed by atoms with E-state index in [4.69, 9.17) is 9.47 Å². The lowest BCUT2D eigenvalue weighted by Gasteiger charge is -2.32. The fourth-order valence-electron chi connectivity index (χ4n) is 2.59. The molecule has 1 saturated carbocycles. The van der Waals surface area contributed by atoms with Gasteiger partial charge in [0.2, 0.25) is 0 Å². The second kappa shape index (κ2) is 3.56. The zero-order valence-corrected chi connectivity index (χ0v) is 11.1. The van der Waals surface area contributed by atoms with Gasteiger partial charge in [-0.15, -0.1) is 0 Å². The second-order valence-electron chi connectivity index (χ2n) is 3.66. The number of rotatable bonds is 2. The highest BCUT2D eigenvalue weighted by Gasteiger charge is 2.63. The summed E-state index contributed by atoms with van der Waals surface area (Å²) in [6.45, 7) is 0. The van der Waals surface area contributed by atoms with Gasteiger partial charge in [0.15, 0.2) is 5.79 Å². The van der Waals surface area contributed by atoms with Crippen molar-refractivity contribution in [2.24, 2.45) is 11.8 Å². The first-order valence-electron chi connectivity index (χ1n) is 4.42. The summed E-state index contributed by atoms with van der Waals surface area (Å²) in [7, 11) is 3.24. The van der Waals surface area contributed by atoms with E-state index in [0.717, 1.165) is 8.96 Å². The maximum Gasteiger partial charge on any atom is 0.184 e. The lowest BCUT2D eigenvalue weighted by molar-refractivity contribution is -0.234. The molecule has 0 aliphatic heterocycles. The number of hydrogen-bond acceptors (Lipinski definition) is 3. The van der Waals surface area contributed by atoms with Crippen molar-refractivity contribution < 1.29 is 14.6 Å². The van der Waals surface area contributed by atoms with Crippen LogP contribution in [0.25, 0.3) is 0 Å². The van der Waals surface area contributed by atoms with Gasteiger partial charge >= 0.3 is 0 Å². The molecular weight excluding hydrogens is 316 g/mol. The Hall–Kier alpha value is 0.580. The van der Waals surface area contributed by atoms with Crippen LogP contribution < -0.4 is 0 Å². The molecule has 3 nitrogen and oxygen atoms in total. The largest absolute Gasteiger partial charge is 0.392 e. The van der Waals surface area contributed by atoms with Gasteiger partial charge in [0.25, 0.3) is 0 Å². The first-order valence-corrected chi connectivity index (χ1v) is 6.00. The van der Waals surface area contributed by atoms with E-state index in [9.17, 15) is 5.11 Å². The van der Waals surface area contributed by atoms with E-state index in [1.54, 1.807) is 14.2 Å². The molecule has 80 valence electrons. The van der Waals surface area contributed by atoms with Crippen LogP contribution in [0.2, 0.25) is 0 Å². The zero-order valence-electron chi connectivity index (χ0n) is 7.96. The summed E-state index contributed by atoms with van der Waals surface area (Å²) in [5.74, 6) is -0.722. The molecule has 0 spiro atoms. The molecule has 0 amide bonds. The minimum atomic E-state index is -0.697. The molecule has 5 heteroatoms. The molecule has 0 aromatic heterocycles. The van der Waals surface area contributed by atoms with Crippen LogP contribution in [0, 0.1) is 11.8 Å². The lowest BCUT2D eigenvalue weighted by Crippen LogP contribution is -2.41. The van der Waals surface area contributed by atoms with E-state index in [1.807, 2.05) is 0 Å². The fraction of sp³-hybridized carbons (Fsp3) is 0.778. The Kier molecular flexibility index (Phi) is 2.81. The normalized spacial score (nSPS) is 39.6. The molecule has 0 unspecified atom stereocenters. The molecule has 1 fully saturated rings. The highest BCUT2D eigenvalue weighted by Crippen LogP contribution is 2.60. The number of methoxy groups -OCH3 is 2. The topological polar surface area (TPSA) is 38.7 Å². The molecule has 0 saturated heterocycles. The summed E-state index contributed by atoms with van der Waals surface area (Å²) < 4.78 is 12.9. The van der Waals surface area contributed by atoms with Crippen LogP contribution in [-0.2, 0) is 9.47 Å². The van der Waals surface area contributed by atoms with Crippen LogP contribution in [0.15, 0.2) is 8.96 Å². The molecule has 3 atom stereocenters. The third-order valence-electron chi connectivity index (χ3n) is 3.23. The van der Waals surface area contributed by atoms with Crippen LogP contribution >= 0.6 is 31.9 Å². The smallest absolute Gasteiger partial charge is 0.184 e. The van der Waals surface area contributed by atoms with Crippen LogP contribution in [0.1, 0.15) is 6.42 Å². The molecule has 1 N–H and O–H groups in total. The van der Waals surface area contributed by atoms with Gasteiger partial charge in [0.05, 0.1) is 12.0 Å². The van der Waals surface area contributed by atoms with Crippen molar-refractivity contribution in [1.29, 1.82) is 0 Å². The molecule has 0 aromatic rings. The van der Waals surface area contributed by atoms with Gasteiger partial charge < -0.3 is 14.6 Å². The molecular formula is C9H12Br2O3. The van der Waals surface area contributed by atoms with Crippen LogP contribution in [-0.4, -0.2) is 31.2 Å². The van der Waals surface area contributed by atoms with Gasteiger partial charge in [0, 0.05) is 29.1 Å². The Morgan fingerprint density at radius 3 is 2.21 bits per heavy atom. The Labute approximate surface area is 99.7 Å². The van der Waals surface area contributed by atoms with Crippen molar-refractivity contribution in [1.82, 2.24) is 0 Å². The molecule has 2 bridgehead atoms. The van der Waals surface area contributed by atoms with Crippen molar-refractivity contribution >= 4 is 31.9 Å². The van der Waals surface area contributed by atoms with E-state index < -0.39 is 11.9 Å². The summed E-state index contributed by atoms with van der Waals surface area (Å²) >= 11 is 6.98. The van der Waals surface area contributed by atoms with Gasteiger partial charge in [-0.25, -0.2) is 0 Å². The summed E-state index contributed by atoms with van der Waals surface area (Å²) in [5.41, 5.74) is 0. The number of halogens is 2. The quantitative estimate of drug-likeness (QED) is 0.788. The van der Waals surface area contributed by atoms with E-state index in [0.29, 0.717) is 6.42 Å². The van der Waals surface area contributed by atoms with Crippen molar-refractivity contribution in [3.05, 3.63) is 8.96 Å². The molecule has 0 aromatic carbocycles. The highest BCUT2D eigenvalue weighted by atomic mass is 79.9. The van der Waals surface area contributed by atoms with Crippen molar-refractivity contribution in [3.8, 4) is 0 Å². The first kappa shape index (κ1) is 11.1. The van der Waals surface area contributed by atoms with Gasteiger partial charge in [0.1, 0.15) is 0 Å². The second-order valence-corrected chi connectivity index (χ2v) is 5.37. The first-order chi connectivity index (χ1) is 6.58. The monoisotopic (exact) mass is 326 g/mol. The van der Waals surface area contributed by atoms with Crippen LogP contribution in [0.5, 0.6) is 0 Å². The van der Waals surface area contributed by atoms with Crippen molar-refractivity contribution in [2.75, 3.05) is 14.2 Å². The third kappa shape index (κ3) is 1.13. The fourth-order valence-corrected chi connectivity index (χ4v) is 4.24. The van der Waals surface area contributed by atoms with E-state index in [-0.39, 0.29) is 11.8 Å². The molecule has 2 aliphatic carbocycles. The van der Waals surface area contributed by atoms with E-state index >= 15 is 0 Å². The van der Waals surface area contributed by atoms with Crippen molar-refractivity contribution in [2.45, 2.75) is 18.3 Å². The van der Waals surface area contributed by atoms with Gasteiger partial charge in [-0.05, 0) is 6.42 Å². The van der Waals surface area contributed by atoms with E-state index in [1.165, 1.54) is 0 Å². The Morgan fingerprint density at radius 1 is 1.29 bits per heavy atom. The van der Waals surface area contributed by atoms with Crippen LogP contribution in [0.4, 0.5) is 0 Å². The Morgan fingerprint density at radius 2 is 1.86 bits per heavy atom. The summed E-state index contributed by atoms with van der Waals surface area (Å²) in [5, 5.41) is 9.86. The molecule has 0 heterocycles. The number of aliphatic hydroxyl groups excluding tert-OH is 1. The number of fused-ring (bicyclic) bond motifs is 2. The van der Waals surface area contributed by atoms with Gasteiger partial charge in [-0.3, -0.25) is 0 Å². The minimum Gasteiger partial charge on any atom is -0.392 e. The zero-order chi connectivity index (χ0) is 10.5. The lowest BCUT2D eigenvalue weighted by atomic mass is 10.0. The minimum absolute atomic E-state index is 0.0897. The van der Waals surface area contributed by atoms with E-state index in [2.05, 4.69) is 31.9 Å². The number of ether oxygens (including phenoxy) is 2. The average molecular weight is 328 g/mol. The maximum absolute atomic E-state index is 9.86. The van der Waals surface area contributed by atoms with Gasteiger partial charge in [-0.1, -0.05) is 31.9 Å². The number of aliphatic hydroxyl groups is 1. The summed E-state index contributed by atoms with van der Waals surface area (Å²) in [6, 6.07) is 0. The number of hydrogen-bond donors (Lipinski definition) is 1. The van der Waals surface area contributed by atoms with Crippen LogP contribution in [0.3, 0.4) is 0 Å². The average Bonchev–Trinajstić information content (AvgIpc) is 2.57. The predicted octanol–water partition coefficient (Wildman–Crippen LogP) is 1.99. The third-order valence-corrected chi connectivity index (χ3v) is 5.66. The predicted molar refractivity (Wildman–Crippen MR) is 59.2 cm³/mol. The Bertz CT molecular complexity index is 286. The highest BCUT2D eigenvalue weighted by molar-refractivity contribution is 9.14.